The molecular weight excluding hydrogens is 414 g/mol. The third kappa shape index (κ3) is 4.30. The van der Waals surface area contributed by atoms with Crippen LogP contribution < -0.4 is 4.74 Å². The van der Waals surface area contributed by atoms with Gasteiger partial charge in [-0.15, -0.1) is 0 Å². The number of fused-ring (bicyclic) bond motifs is 1. The van der Waals surface area contributed by atoms with Crippen molar-refractivity contribution < 1.29 is 23.4 Å². The van der Waals surface area contributed by atoms with Crippen LogP contribution in [0.5, 0.6) is 5.75 Å². The molecule has 2 aromatic heterocycles. The van der Waals surface area contributed by atoms with Gasteiger partial charge in [0.2, 0.25) is 4.96 Å². The fourth-order valence-electron chi connectivity index (χ4n) is 3.04. The smallest absolute Gasteiger partial charge is 0.213 e. The van der Waals surface area contributed by atoms with Crippen molar-refractivity contribution in [2.45, 2.75) is 50.7 Å². The van der Waals surface area contributed by atoms with Crippen LogP contribution in [0.2, 0.25) is 0 Å². The molecule has 2 N–H and O–H groups in total. The van der Waals surface area contributed by atoms with Crippen LogP contribution in [-0.4, -0.2) is 51.7 Å². The van der Waals surface area contributed by atoms with Crippen LogP contribution in [0, 0.1) is 6.92 Å². The molecule has 2 heterocycles. The first-order valence-electron chi connectivity index (χ1n) is 8.95. The van der Waals surface area contributed by atoms with E-state index in [1.807, 2.05) is 6.92 Å². The van der Waals surface area contributed by atoms with E-state index < -0.39 is 26.8 Å². The maximum atomic E-state index is 12.9. The number of nitrogens with zero attached hydrogens (tertiary/aromatic N) is 3. The molecule has 29 heavy (non-hydrogen) atoms. The van der Waals surface area contributed by atoms with Crippen LogP contribution in [0.4, 0.5) is 0 Å². The van der Waals surface area contributed by atoms with Crippen molar-refractivity contribution in [1.29, 1.82) is 0 Å². The lowest BCUT2D eigenvalue weighted by Gasteiger charge is -2.18. The van der Waals surface area contributed by atoms with Crippen LogP contribution in [0.15, 0.2) is 23.1 Å². The standard InChI is InChI=1S/C19H25N3O5S2/c1-11-15(22-17(20-11)28-16(21-22)19(4,5)24)12-7-8-13(27-6)14(9-12)29(25,26)10-18(2,3)23/h7-9,23-24H,10H2,1-6H3. The molecule has 0 amide bonds. The fraction of sp³-hybridized carbons (Fsp3) is 0.474. The van der Waals surface area contributed by atoms with Gasteiger partial charge in [-0.1, -0.05) is 11.3 Å². The molecule has 0 unspecified atom stereocenters. The molecule has 0 radical (unpaired) electrons. The molecule has 8 nitrogen and oxygen atoms in total. The van der Waals surface area contributed by atoms with Gasteiger partial charge in [-0.05, 0) is 52.8 Å². The third-order valence-corrected chi connectivity index (χ3v) is 7.51. The summed E-state index contributed by atoms with van der Waals surface area (Å²) >= 11 is 1.27. The van der Waals surface area contributed by atoms with E-state index in [2.05, 4.69) is 10.1 Å². The van der Waals surface area contributed by atoms with Crippen LogP contribution in [0.3, 0.4) is 0 Å². The second-order valence-electron chi connectivity index (χ2n) is 8.14. The van der Waals surface area contributed by atoms with Gasteiger partial charge in [0.05, 0.1) is 29.9 Å². The SMILES string of the molecule is COc1ccc(-c2c(C)nc3sc(C(C)(C)O)nn23)cc1S(=O)(=O)CC(C)(C)O. The number of aromatic nitrogens is 3. The first kappa shape index (κ1) is 21.7. The minimum atomic E-state index is -3.82. The van der Waals surface area contributed by atoms with E-state index in [4.69, 9.17) is 4.74 Å². The molecule has 3 rings (SSSR count). The summed E-state index contributed by atoms with van der Waals surface area (Å²) in [6, 6.07) is 4.83. The zero-order valence-corrected chi connectivity index (χ0v) is 18.8. The fourth-order valence-corrected chi connectivity index (χ4v) is 5.83. The van der Waals surface area contributed by atoms with E-state index in [1.54, 1.807) is 30.5 Å². The van der Waals surface area contributed by atoms with Crippen molar-refractivity contribution in [3.63, 3.8) is 0 Å². The highest BCUT2D eigenvalue weighted by Gasteiger charge is 2.29. The Bertz CT molecular complexity index is 1170. The van der Waals surface area contributed by atoms with Gasteiger partial charge in [0.15, 0.2) is 9.84 Å². The second-order valence-corrected chi connectivity index (χ2v) is 11.1. The summed E-state index contributed by atoms with van der Waals surface area (Å²) in [5.74, 6) is -0.243. The Morgan fingerprint density at radius 3 is 2.41 bits per heavy atom. The molecule has 0 aliphatic heterocycles. The third-order valence-electron chi connectivity index (χ3n) is 4.22. The normalized spacial score (nSPS) is 13.2. The van der Waals surface area contributed by atoms with E-state index in [1.165, 1.54) is 38.4 Å². The summed E-state index contributed by atoms with van der Waals surface area (Å²) in [5.41, 5.74) is -0.595. The van der Waals surface area contributed by atoms with Gasteiger partial charge in [-0.25, -0.2) is 17.9 Å². The van der Waals surface area contributed by atoms with Gasteiger partial charge in [-0.2, -0.15) is 5.10 Å². The summed E-state index contributed by atoms with van der Waals surface area (Å²) in [6.07, 6.45) is 0. The molecule has 10 heteroatoms. The molecule has 1 aromatic carbocycles. The van der Waals surface area contributed by atoms with Crippen molar-refractivity contribution in [1.82, 2.24) is 14.6 Å². The maximum absolute atomic E-state index is 12.9. The minimum Gasteiger partial charge on any atom is -0.495 e. The number of aryl methyl sites for hydroxylation is 1. The molecule has 0 fully saturated rings. The molecule has 0 atom stereocenters. The van der Waals surface area contributed by atoms with Gasteiger partial charge >= 0.3 is 0 Å². The van der Waals surface area contributed by atoms with Crippen LogP contribution in [-0.2, 0) is 15.4 Å². The molecule has 0 saturated heterocycles. The Morgan fingerprint density at radius 2 is 1.86 bits per heavy atom. The lowest BCUT2D eigenvalue weighted by Crippen LogP contribution is -2.30. The van der Waals surface area contributed by atoms with E-state index in [-0.39, 0.29) is 10.6 Å². The lowest BCUT2D eigenvalue weighted by molar-refractivity contribution is 0.0773. The quantitative estimate of drug-likeness (QED) is 0.607. The highest BCUT2D eigenvalue weighted by Crippen LogP contribution is 2.35. The number of sulfone groups is 1. The molecule has 0 bridgehead atoms. The average molecular weight is 440 g/mol. The van der Waals surface area contributed by atoms with E-state index in [9.17, 15) is 18.6 Å². The van der Waals surface area contributed by atoms with E-state index in [0.29, 0.717) is 26.9 Å². The van der Waals surface area contributed by atoms with Gasteiger partial charge < -0.3 is 14.9 Å². The van der Waals surface area contributed by atoms with Crippen molar-refractivity contribution in [3.05, 3.63) is 28.9 Å². The number of imidazole rings is 1. The Balaban J connectivity index is 2.20. The number of hydrogen-bond donors (Lipinski definition) is 2. The zero-order valence-electron chi connectivity index (χ0n) is 17.2. The first-order chi connectivity index (χ1) is 13.2. The van der Waals surface area contributed by atoms with Crippen LogP contribution in [0.25, 0.3) is 16.2 Å². The topological polar surface area (TPSA) is 114 Å². The summed E-state index contributed by atoms with van der Waals surface area (Å²) in [7, 11) is -2.42. The molecule has 0 saturated carbocycles. The Morgan fingerprint density at radius 1 is 1.21 bits per heavy atom. The molecule has 158 valence electrons. The number of ether oxygens (including phenoxy) is 1. The van der Waals surface area contributed by atoms with Gasteiger partial charge in [-0.3, -0.25) is 0 Å². The molecular formula is C19H25N3O5S2. The Hall–Kier alpha value is -2.01. The maximum Gasteiger partial charge on any atom is 0.213 e. The van der Waals surface area contributed by atoms with Crippen molar-refractivity contribution >= 4 is 26.1 Å². The minimum absolute atomic E-state index is 0.00749. The number of aliphatic hydroxyl groups is 2. The number of hydrogen-bond acceptors (Lipinski definition) is 8. The largest absolute Gasteiger partial charge is 0.495 e. The number of rotatable bonds is 6. The second kappa shape index (κ2) is 7.05. The molecule has 0 aliphatic carbocycles. The van der Waals surface area contributed by atoms with E-state index in [0.717, 1.165) is 0 Å². The summed E-state index contributed by atoms with van der Waals surface area (Å²) in [4.78, 5) is 5.10. The molecule has 0 aliphatic rings. The van der Waals surface area contributed by atoms with Gasteiger partial charge in [0.25, 0.3) is 0 Å². The van der Waals surface area contributed by atoms with Crippen molar-refractivity contribution in [2.75, 3.05) is 12.9 Å². The number of benzene rings is 1. The predicted molar refractivity (Wildman–Crippen MR) is 111 cm³/mol. The van der Waals surface area contributed by atoms with Gasteiger partial charge in [0.1, 0.15) is 21.3 Å². The highest BCUT2D eigenvalue weighted by atomic mass is 32.2. The van der Waals surface area contributed by atoms with E-state index >= 15 is 0 Å². The average Bonchev–Trinajstić information content (AvgIpc) is 3.08. The van der Waals surface area contributed by atoms with Crippen molar-refractivity contribution in [3.8, 4) is 17.0 Å². The van der Waals surface area contributed by atoms with Crippen LogP contribution in [0.1, 0.15) is 38.4 Å². The monoisotopic (exact) mass is 439 g/mol. The summed E-state index contributed by atoms with van der Waals surface area (Å²) in [6.45, 7) is 7.99. The van der Waals surface area contributed by atoms with Gasteiger partial charge in [0, 0.05) is 5.56 Å². The van der Waals surface area contributed by atoms with Crippen molar-refractivity contribution in [2.24, 2.45) is 0 Å². The Labute approximate surface area is 173 Å². The molecule has 0 spiro atoms. The zero-order chi connectivity index (χ0) is 21.8. The number of methoxy groups -OCH3 is 1. The Kier molecular flexibility index (Phi) is 5.27. The summed E-state index contributed by atoms with van der Waals surface area (Å²) in [5, 5.41) is 25.3. The molecule has 3 aromatic rings. The van der Waals surface area contributed by atoms with Crippen LogP contribution >= 0.6 is 11.3 Å². The first-order valence-corrected chi connectivity index (χ1v) is 11.4. The highest BCUT2D eigenvalue weighted by molar-refractivity contribution is 7.91. The predicted octanol–water partition coefficient (Wildman–Crippen LogP) is 2.55. The summed E-state index contributed by atoms with van der Waals surface area (Å²) < 4.78 is 32.7. The lowest BCUT2D eigenvalue weighted by atomic mass is 10.1.